The predicted octanol–water partition coefficient (Wildman–Crippen LogP) is 6.23. The molecule has 0 saturated heterocycles. The van der Waals surface area contributed by atoms with Crippen LogP contribution in [-0.4, -0.2) is 11.9 Å². The highest BCUT2D eigenvalue weighted by Gasteiger charge is 2.26. The van der Waals surface area contributed by atoms with Crippen molar-refractivity contribution >= 4 is 50.7 Å². The molecule has 0 heterocycles. The van der Waals surface area contributed by atoms with E-state index in [0.29, 0.717) is 27.4 Å². The maximum atomic E-state index is 6.09. The lowest BCUT2D eigenvalue weighted by atomic mass is 9.86. The molecule has 1 aromatic rings. The van der Waals surface area contributed by atoms with Crippen molar-refractivity contribution in [1.82, 2.24) is 0 Å². The van der Waals surface area contributed by atoms with Gasteiger partial charge < -0.3 is 4.74 Å². The van der Waals surface area contributed by atoms with Crippen LogP contribution in [0.2, 0.25) is 15.1 Å². The van der Waals surface area contributed by atoms with Crippen LogP contribution in [0.4, 0.5) is 0 Å². The zero-order valence-corrected chi connectivity index (χ0v) is 14.3. The summed E-state index contributed by atoms with van der Waals surface area (Å²) in [5.74, 6) is 0.509. The van der Waals surface area contributed by atoms with Crippen LogP contribution < -0.4 is 4.74 Å². The zero-order valence-electron chi connectivity index (χ0n) is 10.4. The maximum absolute atomic E-state index is 6.09. The zero-order chi connectivity index (χ0) is 13.8. The summed E-state index contributed by atoms with van der Waals surface area (Å²) in [6.45, 7) is 4.88. The maximum Gasteiger partial charge on any atom is 0.156 e. The number of rotatable bonds is 6. The van der Waals surface area contributed by atoms with E-state index in [1.54, 1.807) is 12.1 Å². The molecular weight excluding hydrogens is 358 g/mol. The normalized spacial score (nSPS) is 11.7. The predicted molar refractivity (Wildman–Crippen MR) is 83.8 cm³/mol. The van der Waals surface area contributed by atoms with Crippen LogP contribution in [0.5, 0.6) is 5.75 Å². The quantitative estimate of drug-likeness (QED) is 0.537. The molecule has 1 nitrogen and oxygen atoms in total. The standard InChI is InChI=1S/C13H16BrCl3O/c1-3-13(4-2,7-14)8-18-12-10(16)5-9(15)6-11(12)17/h5-6H,3-4,7-8H2,1-2H3. The fourth-order valence-electron chi connectivity index (χ4n) is 1.57. The summed E-state index contributed by atoms with van der Waals surface area (Å²) >= 11 is 21.6. The summed E-state index contributed by atoms with van der Waals surface area (Å²) in [5.41, 5.74) is 0.103. The second-order valence-electron chi connectivity index (χ2n) is 4.33. The molecule has 1 rings (SSSR count). The molecule has 0 unspecified atom stereocenters. The monoisotopic (exact) mass is 372 g/mol. The minimum Gasteiger partial charge on any atom is -0.490 e. The second-order valence-corrected chi connectivity index (χ2v) is 6.14. The Bertz CT molecular complexity index is 374. The fraction of sp³-hybridized carbons (Fsp3) is 0.538. The van der Waals surface area contributed by atoms with Gasteiger partial charge in [-0.15, -0.1) is 0 Å². The van der Waals surface area contributed by atoms with Crippen LogP contribution >= 0.6 is 50.7 Å². The molecule has 0 aliphatic heterocycles. The van der Waals surface area contributed by atoms with Gasteiger partial charge in [0.05, 0.1) is 16.7 Å². The molecule has 0 saturated carbocycles. The summed E-state index contributed by atoms with van der Waals surface area (Å²) in [6.07, 6.45) is 2.05. The van der Waals surface area contributed by atoms with Crippen LogP contribution in [0.15, 0.2) is 12.1 Å². The molecule has 0 bridgehead atoms. The molecule has 0 aliphatic rings. The first-order valence-corrected chi connectivity index (χ1v) is 8.07. The van der Waals surface area contributed by atoms with Crippen molar-refractivity contribution in [3.63, 3.8) is 0 Å². The third kappa shape index (κ3) is 3.93. The lowest BCUT2D eigenvalue weighted by Crippen LogP contribution is -2.29. The smallest absolute Gasteiger partial charge is 0.156 e. The highest BCUT2D eigenvalue weighted by atomic mass is 79.9. The number of halogens is 4. The molecular formula is C13H16BrCl3O. The molecule has 1 aromatic carbocycles. The highest BCUT2D eigenvalue weighted by Crippen LogP contribution is 2.38. The van der Waals surface area contributed by atoms with E-state index in [4.69, 9.17) is 39.5 Å². The van der Waals surface area contributed by atoms with Crippen molar-refractivity contribution in [2.75, 3.05) is 11.9 Å². The number of hydrogen-bond acceptors (Lipinski definition) is 1. The number of alkyl halides is 1. The molecule has 18 heavy (non-hydrogen) atoms. The topological polar surface area (TPSA) is 9.23 Å². The fourth-order valence-corrected chi connectivity index (χ4v) is 3.45. The van der Waals surface area contributed by atoms with Crippen molar-refractivity contribution in [3.05, 3.63) is 27.2 Å². The molecule has 0 aromatic heterocycles. The lowest BCUT2D eigenvalue weighted by molar-refractivity contribution is 0.158. The van der Waals surface area contributed by atoms with Gasteiger partial charge in [-0.1, -0.05) is 64.6 Å². The minimum atomic E-state index is 0.103. The van der Waals surface area contributed by atoms with E-state index < -0.39 is 0 Å². The summed E-state index contributed by atoms with van der Waals surface area (Å²) in [6, 6.07) is 3.27. The Balaban J connectivity index is 2.86. The largest absolute Gasteiger partial charge is 0.490 e. The Kier molecular flexibility index (Phi) is 6.60. The highest BCUT2D eigenvalue weighted by molar-refractivity contribution is 9.09. The Morgan fingerprint density at radius 1 is 1.11 bits per heavy atom. The van der Waals surface area contributed by atoms with Gasteiger partial charge in [0.25, 0.3) is 0 Å². The average molecular weight is 375 g/mol. The molecule has 0 spiro atoms. The van der Waals surface area contributed by atoms with Crippen molar-refractivity contribution < 1.29 is 4.74 Å². The molecule has 0 N–H and O–H groups in total. The van der Waals surface area contributed by atoms with Crippen LogP contribution in [-0.2, 0) is 0 Å². The summed E-state index contributed by atoms with van der Waals surface area (Å²) < 4.78 is 5.81. The van der Waals surface area contributed by atoms with Gasteiger partial charge in [-0.3, -0.25) is 0 Å². The summed E-state index contributed by atoms with van der Waals surface area (Å²) in [5, 5.41) is 2.29. The van der Waals surface area contributed by atoms with Crippen molar-refractivity contribution in [2.45, 2.75) is 26.7 Å². The van der Waals surface area contributed by atoms with Crippen LogP contribution in [0.25, 0.3) is 0 Å². The van der Waals surface area contributed by atoms with Crippen LogP contribution in [0.1, 0.15) is 26.7 Å². The van der Waals surface area contributed by atoms with Crippen LogP contribution in [0.3, 0.4) is 0 Å². The van der Waals surface area contributed by atoms with E-state index in [0.717, 1.165) is 18.2 Å². The Labute approximate surface area is 132 Å². The summed E-state index contributed by atoms with van der Waals surface area (Å²) in [4.78, 5) is 0. The first kappa shape index (κ1) is 16.4. The Morgan fingerprint density at radius 2 is 1.61 bits per heavy atom. The van der Waals surface area contributed by atoms with E-state index in [1.165, 1.54) is 0 Å². The summed E-state index contributed by atoms with van der Waals surface area (Å²) in [7, 11) is 0. The first-order chi connectivity index (χ1) is 8.48. The second kappa shape index (κ2) is 7.23. The van der Waals surface area contributed by atoms with Gasteiger partial charge in [-0.2, -0.15) is 0 Å². The van der Waals surface area contributed by atoms with E-state index in [2.05, 4.69) is 29.8 Å². The SMILES string of the molecule is CCC(CC)(CBr)COc1c(Cl)cc(Cl)cc1Cl. The number of benzene rings is 1. The van der Waals surface area contributed by atoms with E-state index >= 15 is 0 Å². The molecule has 0 radical (unpaired) electrons. The van der Waals surface area contributed by atoms with Gasteiger partial charge in [-0.25, -0.2) is 0 Å². The van der Waals surface area contributed by atoms with Gasteiger partial charge >= 0.3 is 0 Å². The Hall–Kier alpha value is 0.370. The van der Waals surface area contributed by atoms with Crippen molar-refractivity contribution in [2.24, 2.45) is 5.41 Å². The van der Waals surface area contributed by atoms with Crippen LogP contribution in [0, 0.1) is 5.41 Å². The third-order valence-corrected chi connectivity index (χ3v) is 5.24. The molecule has 0 aliphatic carbocycles. The van der Waals surface area contributed by atoms with E-state index in [9.17, 15) is 0 Å². The van der Waals surface area contributed by atoms with Gasteiger partial charge in [0, 0.05) is 15.8 Å². The van der Waals surface area contributed by atoms with Gasteiger partial charge in [0.1, 0.15) is 0 Å². The molecule has 0 fully saturated rings. The lowest BCUT2D eigenvalue weighted by Gasteiger charge is -2.29. The van der Waals surface area contributed by atoms with Crippen molar-refractivity contribution in [3.8, 4) is 5.75 Å². The van der Waals surface area contributed by atoms with E-state index in [-0.39, 0.29) is 5.41 Å². The molecule has 0 atom stereocenters. The third-order valence-electron chi connectivity index (χ3n) is 3.27. The van der Waals surface area contributed by atoms with Gasteiger partial charge in [0.2, 0.25) is 0 Å². The number of hydrogen-bond donors (Lipinski definition) is 0. The van der Waals surface area contributed by atoms with E-state index in [1.807, 2.05) is 0 Å². The molecule has 5 heteroatoms. The Morgan fingerprint density at radius 3 is 2.00 bits per heavy atom. The number of ether oxygens (including phenoxy) is 1. The minimum absolute atomic E-state index is 0.103. The molecule has 102 valence electrons. The first-order valence-electron chi connectivity index (χ1n) is 5.81. The van der Waals surface area contributed by atoms with Gasteiger partial charge in [0.15, 0.2) is 5.75 Å². The average Bonchev–Trinajstić information content (AvgIpc) is 2.33. The van der Waals surface area contributed by atoms with Crippen molar-refractivity contribution in [1.29, 1.82) is 0 Å². The van der Waals surface area contributed by atoms with Gasteiger partial charge in [-0.05, 0) is 25.0 Å². The molecule has 0 amide bonds.